The number of anilines is 1. The number of Topliss-reactive ketones (excluding diaryl/α,β-unsaturated/α-hetero) is 1. The molecule has 1 unspecified atom stereocenters. The zero-order valence-electron chi connectivity index (χ0n) is 9.19. The third-order valence-corrected chi connectivity index (χ3v) is 2.81. The molecular weight excluding hydrogens is 204 g/mol. The lowest BCUT2D eigenvalue weighted by Crippen LogP contribution is -2.14. The van der Waals surface area contributed by atoms with Crippen LogP contribution in [0.25, 0.3) is 0 Å². The first kappa shape index (κ1) is 11.1. The lowest BCUT2D eigenvalue weighted by Gasteiger charge is -2.08. The highest BCUT2D eigenvalue weighted by molar-refractivity contribution is 5.82. The summed E-state index contributed by atoms with van der Waals surface area (Å²) in [5.74, 6) is 0.173. The summed E-state index contributed by atoms with van der Waals surface area (Å²) in [4.78, 5) is 15.7. The molecule has 0 amide bonds. The molecule has 1 aliphatic heterocycles. The van der Waals surface area contributed by atoms with Gasteiger partial charge in [0.1, 0.15) is 5.78 Å². The Balaban J connectivity index is 1.89. The van der Waals surface area contributed by atoms with Crippen molar-refractivity contribution in [3.05, 3.63) is 24.0 Å². The second kappa shape index (κ2) is 5.07. The molecule has 4 heteroatoms. The highest BCUT2D eigenvalue weighted by atomic mass is 16.5. The molecule has 0 radical (unpaired) electrons. The van der Waals surface area contributed by atoms with Gasteiger partial charge in [-0.3, -0.25) is 9.78 Å². The van der Waals surface area contributed by atoms with E-state index < -0.39 is 0 Å². The number of aromatic nitrogens is 1. The number of hydrogen-bond acceptors (Lipinski definition) is 4. The maximum Gasteiger partial charge on any atom is 0.139 e. The fourth-order valence-corrected chi connectivity index (χ4v) is 1.93. The molecule has 2 N–H and O–H groups in total. The average molecular weight is 220 g/mol. The lowest BCUT2D eigenvalue weighted by molar-refractivity contribution is -0.120. The van der Waals surface area contributed by atoms with Gasteiger partial charge in [0, 0.05) is 43.1 Å². The van der Waals surface area contributed by atoms with E-state index in [2.05, 4.69) is 4.98 Å². The van der Waals surface area contributed by atoms with Crippen LogP contribution < -0.4 is 5.73 Å². The minimum atomic E-state index is 0.116. The van der Waals surface area contributed by atoms with Gasteiger partial charge in [0.05, 0.1) is 6.10 Å². The molecule has 1 atom stereocenters. The van der Waals surface area contributed by atoms with Gasteiger partial charge in [-0.15, -0.1) is 0 Å². The van der Waals surface area contributed by atoms with Crippen molar-refractivity contribution in [3.8, 4) is 0 Å². The summed E-state index contributed by atoms with van der Waals surface area (Å²) < 4.78 is 5.42. The van der Waals surface area contributed by atoms with E-state index in [1.54, 1.807) is 18.5 Å². The summed E-state index contributed by atoms with van der Waals surface area (Å²) in [5.41, 5.74) is 7.20. The molecule has 86 valence electrons. The molecule has 1 aromatic rings. The molecule has 0 saturated carbocycles. The first-order valence-corrected chi connectivity index (χ1v) is 5.57. The van der Waals surface area contributed by atoms with Crippen molar-refractivity contribution in [2.45, 2.75) is 31.8 Å². The number of carbonyl (C=O) groups is 1. The standard InChI is InChI=1S/C12H16N2O2/c13-12-3-4-14-8-9(12)6-10(15)7-11-2-1-5-16-11/h3-4,8,11H,1-2,5-7H2,(H2,13,14). The monoisotopic (exact) mass is 220 g/mol. The molecule has 0 aliphatic carbocycles. The minimum absolute atomic E-state index is 0.116. The molecule has 16 heavy (non-hydrogen) atoms. The number of rotatable bonds is 4. The van der Waals surface area contributed by atoms with Gasteiger partial charge in [-0.05, 0) is 18.9 Å². The Hall–Kier alpha value is -1.42. The Bertz CT molecular complexity index is 373. The predicted molar refractivity (Wildman–Crippen MR) is 61.0 cm³/mol. The van der Waals surface area contributed by atoms with E-state index in [9.17, 15) is 4.79 Å². The van der Waals surface area contributed by atoms with Crippen molar-refractivity contribution >= 4 is 11.5 Å². The molecule has 1 saturated heterocycles. The smallest absolute Gasteiger partial charge is 0.139 e. The summed E-state index contributed by atoms with van der Waals surface area (Å²) in [6.45, 7) is 0.785. The Kier molecular flexibility index (Phi) is 3.51. The highest BCUT2D eigenvalue weighted by Crippen LogP contribution is 2.17. The fraction of sp³-hybridized carbons (Fsp3) is 0.500. The molecule has 1 aromatic heterocycles. The summed E-state index contributed by atoms with van der Waals surface area (Å²) in [7, 11) is 0. The van der Waals surface area contributed by atoms with Gasteiger partial charge in [0.15, 0.2) is 0 Å². The van der Waals surface area contributed by atoms with Gasteiger partial charge in [0.2, 0.25) is 0 Å². The van der Waals surface area contributed by atoms with E-state index in [-0.39, 0.29) is 11.9 Å². The van der Waals surface area contributed by atoms with Gasteiger partial charge in [-0.25, -0.2) is 0 Å². The maximum absolute atomic E-state index is 11.8. The van der Waals surface area contributed by atoms with Crippen molar-refractivity contribution in [1.82, 2.24) is 4.98 Å². The van der Waals surface area contributed by atoms with E-state index in [1.165, 1.54) is 0 Å². The molecule has 2 heterocycles. The van der Waals surface area contributed by atoms with Crippen LogP contribution in [0.4, 0.5) is 5.69 Å². The predicted octanol–water partition coefficient (Wildman–Crippen LogP) is 1.34. The van der Waals surface area contributed by atoms with Crippen molar-refractivity contribution in [2.24, 2.45) is 0 Å². The Labute approximate surface area is 94.8 Å². The van der Waals surface area contributed by atoms with Crippen LogP contribution in [0.2, 0.25) is 0 Å². The molecular formula is C12H16N2O2. The van der Waals surface area contributed by atoms with Crippen molar-refractivity contribution in [1.29, 1.82) is 0 Å². The maximum atomic E-state index is 11.8. The zero-order valence-corrected chi connectivity index (χ0v) is 9.19. The molecule has 1 fully saturated rings. The first-order valence-electron chi connectivity index (χ1n) is 5.57. The van der Waals surface area contributed by atoms with Gasteiger partial charge >= 0.3 is 0 Å². The summed E-state index contributed by atoms with van der Waals surface area (Å²) in [6, 6.07) is 1.72. The Morgan fingerprint density at radius 3 is 3.19 bits per heavy atom. The normalized spacial score (nSPS) is 19.9. The largest absolute Gasteiger partial charge is 0.398 e. The summed E-state index contributed by atoms with van der Waals surface area (Å²) in [5, 5.41) is 0. The number of hydrogen-bond donors (Lipinski definition) is 1. The second-order valence-electron chi connectivity index (χ2n) is 4.13. The SMILES string of the molecule is Nc1ccncc1CC(=O)CC1CCCO1. The molecule has 1 aliphatic rings. The van der Waals surface area contributed by atoms with Crippen LogP contribution in [0.3, 0.4) is 0 Å². The number of nitrogen functional groups attached to an aromatic ring is 1. The van der Waals surface area contributed by atoms with Gasteiger partial charge < -0.3 is 10.5 Å². The second-order valence-corrected chi connectivity index (χ2v) is 4.13. The van der Waals surface area contributed by atoms with E-state index in [1.807, 2.05) is 0 Å². The number of nitrogens with two attached hydrogens (primary N) is 1. The lowest BCUT2D eigenvalue weighted by atomic mass is 10.0. The zero-order chi connectivity index (χ0) is 11.4. The van der Waals surface area contributed by atoms with Crippen LogP contribution in [0, 0.1) is 0 Å². The minimum Gasteiger partial charge on any atom is -0.398 e. The van der Waals surface area contributed by atoms with E-state index in [0.29, 0.717) is 18.5 Å². The van der Waals surface area contributed by atoms with Crippen LogP contribution in [0.5, 0.6) is 0 Å². The quantitative estimate of drug-likeness (QED) is 0.831. The van der Waals surface area contributed by atoms with Crippen molar-refractivity contribution in [3.63, 3.8) is 0 Å². The first-order chi connectivity index (χ1) is 7.75. The van der Waals surface area contributed by atoms with E-state index >= 15 is 0 Å². The van der Waals surface area contributed by atoms with Crippen LogP contribution in [0.1, 0.15) is 24.8 Å². The molecule has 0 spiro atoms. The van der Waals surface area contributed by atoms with Crippen LogP contribution >= 0.6 is 0 Å². The van der Waals surface area contributed by atoms with Crippen molar-refractivity contribution in [2.75, 3.05) is 12.3 Å². The fourth-order valence-electron chi connectivity index (χ4n) is 1.93. The van der Waals surface area contributed by atoms with E-state index in [0.717, 1.165) is 25.0 Å². The third kappa shape index (κ3) is 2.79. The number of nitrogens with zero attached hydrogens (tertiary/aromatic N) is 1. The molecule has 0 aromatic carbocycles. The highest BCUT2D eigenvalue weighted by Gasteiger charge is 2.19. The summed E-state index contributed by atoms with van der Waals surface area (Å²) >= 11 is 0. The molecule has 4 nitrogen and oxygen atoms in total. The van der Waals surface area contributed by atoms with E-state index in [4.69, 9.17) is 10.5 Å². The van der Waals surface area contributed by atoms with Crippen LogP contribution in [0.15, 0.2) is 18.5 Å². The Morgan fingerprint density at radius 1 is 1.62 bits per heavy atom. The van der Waals surface area contributed by atoms with Gasteiger partial charge in [-0.1, -0.05) is 0 Å². The average Bonchev–Trinajstić information content (AvgIpc) is 2.74. The molecule has 2 rings (SSSR count). The molecule has 0 bridgehead atoms. The third-order valence-electron chi connectivity index (χ3n) is 2.81. The van der Waals surface area contributed by atoms with Crippen molar-refractivity contribution < 1.29 is 9.53 Å². The van der Waals surface area contributed by atoms with Crippen LogP contribution in [-0.4, -0.2) is 23.5 Å². The van der Waals surface area contributed by atoms with Gasteiger partial charge in [0.25, 0.3) is 0 Å². The number of carbonyl (C=O) groups excluding carboxylic acids is 1. The topological polar surface area (TPSA) is 65.2 Å². The number of ketones is 1. The summed E-state index contributed by atoms with van der Waals surface area (Å²) in [6.07, 6.45) is 6.31. The number of pyridine rings is 1. The number of ether oxygens (including phenoxy) is 1. The Morgan fingerprint density at radius 2 is 2.50 bits per heavy atom. The van der Waals surface area contributed by atoms with Gasteiger partial charge in [-0.2, -0.15) is 0 Å². The van der Waals surface area contributed by atoms with Crippen LogP contribution in [-0.2, 0) is 16.0 Å².